The van der Waals surface area contributed by atoms with Crippen molar-refractivity contribution in [3.8, 4) is 11.5 Å². The van der Waals surface area contributed by atoms with Crippen LogP contribution >= 0.6 is 0 Å². The number of carbonyl (C=O) groups is 2. The fourth-order valence-corrected chi connectivity index (χ4v) is 3.23. The molecule has 2 amide bonds. The van der Waals surface area contributed by atoms with Gasteiger partial charge in [0.2, 0.25) is 5.91 Å². The number of hydrogen-bond acceptors (Lipinski definition) is 6. The molecule has 0 radical (unpaired) electrons. The number of aryl methyl sites for hydroxylation is 1. The van der Waals surface area contributed by atoms with E-state index in [0.717, 1.165) is 17.3 Å². The molecular formula is C22H29N3O5. The maximum atomic E-state index is 12.4. The number of ether oxygens (including phenoxy) is 2. The summed E-state index contributed by atoms with van der Waals surface area (Å²) >= 11 is 0. The number of piperazine rings is 1. The first-order chi connectivity index (χ1) is 14.5. The normalized spacial score (nSPS) is 14.4. The van der Waals surface area contributed by atoms with E-state index in [1.807, 2.05) is 43.0 Å². The third-order valence-electron chi connectivity index (χ3n) is 4.81. The van der Waals surface area contributed by atoms with Gasteiger partial charge in [0.1, 0.15) is 23.9 Å². The Morgan fingerprint density at radius 2 is 1.67 bits per heavy atom. The maximum Gasteiger partial charge on any atom is 0.289 e. The van der Waals surface area contributed by atoms with Crippen LogP contribution in [0.25, 0.3) is 0 Å². The van der Waals surface area contributed by atoms with Gasteiger partial charge in [-0.05, 0) is 50.2 Å². The largest absolute Gasteiger partial charge is 0.494 e. The molecule has 162 valence electrons. The molecule has 8 heteroatoms. The van der Waals surface area contributed by atoms with Crippen LogP contribution in [0.1, 0.15) is 23.2 Å². The van der Waals surface area contributed by atoms with Gasteiger partial charge < -0.3 is 24.1 Å². The predicted octanol–water partition coefficient (Wildman–Crippen LogP) is 1.94. The highest BCUT2D eigenvalue weighted by molar-refractivity contribution is 5.91. The van der Waals surface area contributed by atoms with Crippen molar-refractivity contribution in [3.63, 3.8) is 0 Å². The molecule has 1 fully saturated rings. The van der Waals surface area contributed by atoms with Crippen LogP contribution < -0.4 is 14.8 Å². The Morgan fingerprint density at radius 1 is 1.00 bits per heavy atom. The van der Waals surface area contributed by atoms with Gasteiger partial charge in [-0.3, -0.25) is 14.5 Å². The summed E-state index contributed by atoms with van der Waals surface area (Å²) in [4.78, 5) is 28.4. The topological polar surface area (TPSA) is 84.3 Å². The Morgan fingerprint density at radius 3 is 2.27 bits per heavy atom. The second-order valence-corrected chi connectivity index (χ2v) is 7.08. The van der Waals surface area contributed by atoms with E-state index in [9.17, 15) is 9.59 Å². The summed E-state index contributed by atoms with van der Waals surface area (Å²) in [7, 11) is 0. The fraction of sp³-hybridized carbons (Fsp3) is 0.455. The molecule has 0 atom stereocenters. The van der Waals surface area contributed by atoms with Crippen LogP contribution in [0.15, 0.2) is 40.8 Å². The molecule has 1 N–H and O–H groups in total. The summed E-state index contributed by atoms with van der Waals surface area (Å²) < 4.78 is 16.4. The quantitative estimate of drug-likeness (QED) is 0.630. The summed E-state index contributed by atoms with van der Waals surface area (Å²) in [6.45, 7) is 7.98. The maximum absolute atomic E-state index is 12.4. The van der Waals surface area contributed by atoms with Crippen molar-refractivity contribution in [2.24, 2.45) is 0 Å². The van der Waals surface area contributed by atoms with Crippen LogP contribution in [0, 0.1) is 6.92 Å². The first-order valence-corrected chi connectivity index (χ1v) is 10.3. The lowest BCUT2D eigenvalue weighted by molar-refractivity contribution is -0.122. The smallest absolute Gasteiger partial charge is 0.289 e. The summed E-state index contributed by atoms with van der Waals surface area (Å²) in [5.74, 6) is 2.48. The zero-order chi connectivity index (χ0) is 21.3. The lowest BCUT2D eigenvalue weighted by Gasteiger charge is -2.33. The van der Waals surface area contributed by atoms with Gasteiger partial charge in [-0.2, -0.15) is 0 Å². The van der Waals surface area contributed by atoms with Crippen LogP contribution in [-0.4, -0.2) is 74.1 Å². The van der Waals surface area contributed by atoms with E-state index >= 15 is 0 Å². The van der Waals surface area contributed by atoms with E-state index in [4.69, 9.17) is 13.9 Å². The van der Waals surface area contributed by atoms with Crippen molar-refractivity contribution >= 4 is 11.8 Å². The lowest BCUT2D eigenvalue weighted by Crippen LogP contribution is -2.51. The van der Waals surface area contributed by atoms with Gasteiger partial charge in [-0.15, -0.1) is 0 Å². The van der Waals surface area contributed by atoms with E-state index in [2.05, 4.69) is 5.32 Å². The van der Waals surface area contributed by atoms with Crippen molar-refractivity contribution in [3.05, 3.63) is 47.9 Å². The highest BCUT2D eigenvalue weighted by Crippen LogP contribution is 2.17. The van der Waals surface area contributed by atoms with Crippen LogP contribution in [0.2, 0.25) is 0 Å². The standard InChI is InChI=1S/C22H29N3O5/c1-3-28-18-5-7-19(8-6-18)29-15-10-23-21(26)16-24-11-13-25(14-12-24)22(27)20-9-4-17(2)30-20/h4-9H,3,10-16H2,1-2H3,(H,23,26). The molecule has 0 aliphatic carbocycles. The number of amides is 2. The van der Waals surface area contributed by atoms with E-state index < -0.39 is 0 Å². The molecular weight excluding hydrogens is 386 g/mol. The van der Waals surface area contributed by atoms with Crippen molar-refractivity contribution in [1.82, 2.24) is 15.1 Å². The molecule has 8 nitrogen and oxygen atoms in total. The van der Waals surface area contributed by atoms with Gasteiger partial charge >= 0.3 is 0 Å². The third kappa shape index (κ3) is 6.25. The lowest BCUT2D eigenvalue weighted by atomic mass is 10.3. The second kappa shape index (κ2) is 10.7. The minimum atomic E-state index is -0.0985. The summed E-state index contributed by atoms with van der Waals surface area (Å²) in [5, 5.41) is 2.87. The van der Waals surface area contributed by atoms with E-state index in [1.54, 1.807) is 17.0 Å². The van der Waals surface area contributed by atoms with Gasteiger partial charge in [-0.25, -0.2) is 0 Å². The Labute approximate surface area is 176 Å². The third-order valence-corrected chi connectivity index (χ3v) is 4.81. The highest BCUT2D eigenvalue weighted by atomic mass is 16.5. The molecule has 1 saturated heterocycles. The SMILES string of the molecule is CCOc1ccc(OCCNC(=O)CN2CCN(C(=O)c3ccc(C)o3)CC2)cc1. The minimum Gasteiger partial charge on any atom is -0.494 e. The van der Waals surface area contributed by atoms with Crippen LogP contribution in [-0.2, 0) is 4.79 Å². The Bertz CT molecular complexity index is 826. The van der Waals surface area contributed by atoms with Crippen LogP contribution in [0.5, 0.6) is 11.5 Å². The first kappa shape index (κ1) is 21.7. The zero-order valence-corrected chi connectivity index (χ0v) is 17.6. The minimum absolute atomic E-state index is 0.0493. The van der Waals surface area contributed by atoms with Gasteiger partial charge in [0.25, 0.3) is 5.91 Å². The van der Waals surface area contributed by atoms with Gasteiger partial charge in [0, 0.05) is 26.2 Å². The number of nitrogens with zero attached hydrogens (tertiary/aromatic N) is 2. The van der Waals surface area contributed by atoms with E-state index in [1.165, 1.54) is 0 Å². The van der Waals surface area contributed by atoms with Crippen LogP contribution in [0.3, 0.4) is 0 Å². The summed E-state index contributed by atoms with van der Waals surface area (Å²) in [6, 6.07) is 10.9. The van der Waals surface area contributed by atoms with Crippen molar-refractivity contribution in [1.29, 1.82) is 0 Å². The summed E-state index contributed by atoms with van der Waals surface area (Å²) in [6.07, 6.45) is 0. The number of nitrogens with one attached hydrogen (secondary N) is 1. The number of furan rings is 1. The fourth-order valence-electron chi connectivity index (χ4n) is 3.23. The number of rotatable bonds is 9. The number of carbonyl (C=O) groups excluding carboxylic acids is 2. The molecule has 30 heavy (non-hydrogen) atoms. The van der Waals surface area contributed by atoms with Crippen LogP contribution in [0.4, 0.5) is 0 Å². The molecule has 2 heterocycles. The average molecular weight is 415 g/mol. The molecule has 1 aromatic heterocycles. The zero-order valence-electron chi connectivity index (χ0n) is 17.6. The molecule has 0 unspecified atom stereocenters. The Hall–Kier alpha value is -3.00. The predicted molar refractivity (Wildman–Crippen MR) is 112 cm³/mol. The van der Waals surface area contributed by atoms with Crippen molar-refractivity contribution in [2.45, 2.75) is 13.8 Å². The van der Waals surface area contributed by atoms with Crippen molar-refractivity contribution < 1.29 is 23.5 Å². The van der Waals surface area contributed by atoms with E-state index in [0.29, 0.717) is 58.2 Å². The van der Waals surface area contributed by atoms with Crippen molar-refractivity contribution in [2.75, 3.05) is 52.5 Å². The van der Waals surface area contributed by atoms with Gasteiger partial charge in [0.15, 0.2) is 5.76 Å². The molecule has 1 aromatic carbocycles. The monoisotopic (exact) mass is 415 g/mol. The molecule has 0 bridgehead atoms. The summed E-state index contributed by atoms with van der Waals surface area (Å²) in [5.41, 5.74) is 0. The molecule has 1 aliphatic heterocycles. The first-order valence-electron chi connectivity index (χ1n) is 10.3. The molecule has 0 spiro atoms. The molecule has 1 aliphatic rings. The Balaban J connectivity index is 1.30. The number of hydrogen-bond donors (Lipinski definition) is 1. The second-order valence-electron chi connectivity index (χ2n) is 7.08. The van der Waals surface area contributed by atoms with E-state index in [-0.39, 0.29) is 11.8 Å². The Kier molecular flexibility index (Phi) is 7.73. The van der Waals surface area contributed by atoms with Gasteiger partial charge in [-0.1, -0.05) is 0 Å². The molecule has 3 rings (SSSR count). The van der Waals surface area contributed by atoms with Gasteiger partial charge in [0.05, 0.1) is 19.7 Å². The molecule has 0 saturated carbocycles. The number of benzene rings is 1. The highest BCUT2D eigenvalue weighted by Gasteiger charge is 2.24. The molecule has 2 aromatic rings. The average Bonchev–Trinajstić information content (AvgIpc) is 3.19.